The predicted octanol–water partition coefficient (Wildman–Crippen LogP) is 4.39. The molecule has 0 radical (unpaired) electrons. The van der Waals surface area contributed by atoms with Crippen molar-refractivity contribution in [2.24, 2.45) is 0 Å². The summed E-state index contributed by atoms with van der Waals surface area (Å²) >= 11 is 0. The van der Waals surface area contributed by atoms with Crippen LogP contribution < -0.4 is 4.74 Å². The molecule has 3 rings (SSSR count). The highest BCUT2D eigenvalue weighted by Crippen LogP contribution is 2.28. The summed E-state index contributed by atoms with van der Waals surface area (Å²) in [6.45, 7) is 4.81. The third kappa shape index (κ3) is 6.89. The fraction of sp³-hybridized carbons (Fsp3) is 0.304. The third-order valence-electron chi connectivity index (χ3n) is 4.80. The van der Waals surface area contributed by atoms with E-state index < -0.39 is 24.2 Å². The molecular formula is C23H21F3N2O5. The van der Waals surface area contributed by atoms with Gasteiger partial charge in [-0.05, 0) is 48.4 Å². The van der Waals surface area contributed by atoms with Crippen LogP contribution in [0.4, 0.5) is 13.2 Å². The number of nitrogens with zero attached hydrogens (tertiary/aromatic N) is 2. The van der Waals surface area contributed by atoms with Crippen molar-refractivity contribution < 1.29 is 37.3 Å². The molecule has 1 aromatic rings. The Morgan fingerprint density at radius 3 is 2.79 bits per heavy atom. The summed E-state index contributed by atoms with van der Waals surface area (Å²) < 4.78 is 53.0. The molecule has 0 bridgehead atoms. The quantitative estimate of drug-likeness (QED) is 0.670. The second-order valence-corrected chi connectivity index (χ2v) is 7.22. The first-order valence-electron chi connectivity index (χ1n) is 9.95. The smallest absolute Gasteiger partial charge is 0.489 e. The van der Waals surface area contributed by atoms with E-state index in [1.807, 2.05) is 11.0 Å². The summed E-state index contributed by atoms with van der Waals surface area (Å²) in [4.78, 5) is 13.1. The summed E-state index contributed by atoms with van der Waals surface area (Å²) in [5, 5.41) is 18.2. The van der Waals surface area contributed by atoms with Crippen molar-refractivity contribution >= 4 is 5.97 Å². The molecule has 1 N–H and O–H groups in total. The summed E-state index contributed by atoms with van der Waals surface area (Å²) in [6.07, 6.45) is 1.70. The van der Waals surface area contributed by atoms with E-state index in [0.717, 1.165) is 12.1 Å². The third-order valence-corrected chi connectivity index (χ3v) is 4.80. The number of ether oxygens (including phenoxy) is 3. The van der Waals surface area contributed by atoms with Crippen LogP contribution in [0.3, 0.4) is 0 Å². The summed E-state index contributed by atoms with van der Waals surface area (Å²) in [5.41, 5.74) is 1.65. The fourth-order valence-electron chi connectivity index (χ4n) is 3.45. The van der Waals surface area contributed by atoms with Crippen LogP contribution in [0.25, 0.3) is 0 Å². The average molecular weight is 462 g/mol. The number of rotatable bonds is 6. The molecule has 2 aliphatic heterocycles. The second-order valence-electron chi connectivity index (χ2n) is 7.22. The molecule has 1 unspecified atom stereocenters. The molecular weight excluding hydrogens is 441 g/mol. The fourth-order valence-corrected chi connectivity index (χ4v) is 3.45. The molecule has 2 aliphatic rings. The van der Waals surface area contributed by atoms with Gasteiger partial charge in [0.1, 0.15) is 24.2 Å². The number of allylic oxidation sites excluding steroid dienone is 4. The number of benzene rings is 1. The Balaban J connectivity index is 1.77. The van der Waals surface area contributed by atoms with Crippen LogP contribution in [0.2, 0.25) is 0 Å². The summed E-state index contributed by atoms with van der Waals surface area (Å²) in [6, 6.07) is 5.37. The van der Waals surface area contributed by atoms with Crippen LogP contribution in [-0.2, 0) is 20.9 Å². The standard InChI is InChI=1S/C23H21F3N2O5/c1-15-5-6-18(3-2-4-20-21(12-22(29)30)31-8-7-28(15)20)32-14-17-9-16(13-27)10-19(11-17)33-23(24,25)26/h3-6,9-11,21H,1-2,7-8,12,14H2,(H,29,30). The molecule has 10 heteroatoms. The van der Waals surface area contributed by atoms with E-state index in [1.54, 1.807) is 24.3 Å². The van der Waals surface area contributed by atoms with Crippen molar-refractivity contribution in [3.63, 3.8) is 0 Å². The van der Waals surface area contributed by atoms with Crippen molar-refractivity contribution in [3.05, 3.63) is 77.4 Å². The van der Waals surface area contributed by atoms with Gasteiger partial charge in [-0.1, -0.05) is 12.7 Å². The van der Waals surface area contributed by atoms with E-state index in [1.165, 1.54) is 6.07 Å². The zero-order valence-corrected chi connectivity index (χ0v) is 17.5. The van der Waals surface area contributed by atoms with Crippen molar-refractivity contribution in [1.82, 2.24) is 4.90 Å². The number of hydrogen-bond donors (Lipinski definition) is 1. The molecule has 0 saturated carbocycles. The zero-order valence-electron chi connectivity index (χ0n) is 17.5. The van der Waals surface area contributed by atoms with E-state index >= 15 is 0 Å². The van der Waals surface area contributed by atoms with Crippen molar-refractivity contribution in [2.45, 2.75) is 31.9 Å². The van der Waals surface area contributed by atoms with Gasteiger partial charge in [-0.3, -0.25) is 4.79 Å². The van der Waals surface area contributed by atoms with Crippen LogP contribution in [0, 0.1) is 11.3 Å². The molecule has 2 heterocycles. The predicted molar refractivity (Wildman–Crippen MR) is 110 cm³/mol. The molecule has 174 valence electrons. The van der Waals surface area contributed by atoms with Gasteiger partial charge in [-0.2, -0.15) is 5.26 Å². The zero-order chi connectivity index (χ0) is 24.0. The van der Waals surface area contributed by atoms with Crippen LogP contribution in [0.5, 0.6) is 5.75 Å². The number of carboxylic acid groups (broad SMARTS) is 1. The van der Waals surface area contributed by atoms with E-state index in [9.17, 15) is 18.0 Å². The number of alkyl halides is 3. The number of hydrogen-bond acceptors (Lipinski definition) is 6. The van der Waals surface area contributed by atoms with E-state index in [0.29, 0.717) is 42.3 Å². The number of aliphatic carboxylic acids is 1. The summed E-state index contributed by atoms with van der Waals surface area (Å²) in [7, 11) is 0. The molecule has 0 amide bonds. The molecule has 1 saturated heterocycles. The lowest BCUT2D eigenvalue weighted by Crippen LogP contribution is -2.40. The minimum absolute atomic E-state index is 0.00815. The number of fused-ring (bicyclic) bond motifs is 1. The van der Waals surface area contributed by atoms with Gasteiger partial charge in [0.2, 0.25) is 0 Å². The van der Waals surface area contributed by atoms with Crippen LogP contribution in [0.15, 0.2) is 66.2 Å². The van der Waals surface area contributed by atoms with Gasteiger partial charge >= 0.3 is 12.3 Å². The van der Waals surface area contributed by atoms with Crippen molar-refractivity contribution in [2.75, 3.05) is 13.2 Å². The number of carbonyl (C=O) groups is 1. The van der Waals surface area contributed by atoms with Crippen LogP contribution in [0.1, 0.15) is 24.0 Å². The lowest BCUT2D eigenvalue weighted by atomic mass is 10.1. The maximum atomic E-state index is 12.6. The van der Waals surface area contributed by atoms with E-state index in [4.69, 9.17) is 19.8 Å². The first-order valence-corrected chi connectivity index (χ1v) is 9.95. The summed E-state index contributed by atoms with van der Waals surface area (Å²) in [5.74, 6) is -1.04. The van der Waals surface area contributed by atoms with Crippen LogP contribution in [-0.4, -0.2) is 41.6 Å². The Bertz CT molecular complexity index is 1050. The van der Waals surface area contributed by atoms with E-state index in [2.05, 4.69) is 11.3 Å². The number of nitriles is 1. The van der Waals surface area contributed by atoms with Gasteiger partial charge in [0, 0.05) is 17.9 Å². The van der Waals surface area contributed by atoms with E-state index in [-0.39, 0.29) is 18.6 Å². The molecule has 0 spiro atoms. The van der Waals surface area contributed by atoms with Gasteiger partial charge in [0.25, 0.3) is 0 Å². The maximum absolute atomic E-state index is 12.6. The largest absolute Gasteiger partial charge is 0.573 e. The van der Waals surface area contributed by atoms with Crippen molar-refractivity contribution in [3.8, 4) is 11.8 Å². The van der Waals surface area contributed by atoms with Gasteiger partial charge < -0.3 is 24.2 Å². The molecule has 1 atom stereocenters. The highest BCUT2D eigenvalue weighted by atomic mass is 19.4. The molecule has 7 nitrogen and oxygen atoms in total. The lowest BCUT2D eigenvalue weighted by Gasteiger charge is -2.37. The Kier molecular flexibility index (Phi) is 7.45. The Morgan fingerprint density at radius 2 is 2.09 bits per heavy atom. The molecule has 1 fully saturated rings. The highest BCUT2D eigenvalue weighted by molar-refractivity contribution is 5.68. The first kappa shape index (κ1) is 23.9. The van der Waals surface area contributed by atoms with Gasteiger partial charge in [-0.15, -0.1) is 13.2 Å². The molecule has 0 aliphatic carbocycles. The minimum Gasteiger partial charge on any atom is -0.489 e. The average Bonchev–Trinajstić information content (AvgIpc) is 2.81. The SMILES string of the molecule is C=C1C=CC(OCc2cc(C#N)cc(OC(F)(F)F)c2)=CCC=C2C(CC(=O)O)OCCN12. The molecule has 0 aromatic heterocycles. The Hall–Kier alpha value is -3.71. The van der Waals surface area contributed by atoms with Crippen molar-refractivity contribution in [1.29, 1.82) is 5.26 Å². The Morgan fingerprint density at radius 1 is 1.30 bits per heavy atom. The monoisotopic (exact) mass is 462 g/mol. The molecule has 1 aromatic carbocycles. The first-order chi connectivity index (χ1) is 15.6. The maximum Gasteiger partial charge on any atom is 0.573 e. The van der Waals surface area contributed by atoms with Gasteiger partial charge in [-0.25, -0.2) is 0 Å². The second kappa shape index (κ2) is 10.3. The minimum atomic E-state index is -4.88. The number of carboxylic acids is 1. The number of halogens is 3. The van der Waals surface area contributed by atoms with Crippen LogP contribution >= 0.6 is 0 Å². The van der Waals surface area contributed by atoms with Gasteiger partial charge in [0.05, 0.1) is 24.7 Å². The highest BCUT2D eigenvalue weighted by Gasteiger charge is 2.31. The topological polar surface area (TPSA) is 92.0 Å². The lowest BCUT2D eigenvalue weighted by molar-refractivity contribution is -0.274. The Labute approximate surface area is 188 Å². The molecule has 33 heavy (non-hydrogen) atoms. The van der Waals surface area contributed by atoms with Gasteiger partial charge in [0.15, 0.2) is 0 Å². The number of morpholine rings is 1. The normalized spacial score (nSPS) is 18.7.